The highest BCUT2D eigenvalue weighted by Crippen LogP contribution is 2.67. The van der Waals surface area contributed by atoms with Crippen molar-refractivity contribution in [1.82, 2.24) is 0 Å². The van der Waals surface area contributed by atoms with Gasteiger partial charge in [-0.15, -0.1) is 0 Å². The lowest BCUT2D eigenvalue weighted by Gasteiger charge is -2.59. The van der Waals surface area contributed by atoms with Crippen LogP contribution in [0.15, 0.2) is 23.3 Å². The first-order valence-electron chi connectivity index (χ1n) is 13.1. The maximum Gasteiger partial charge on any atom is 0.0568 e. The zero-order valence-corrected chi connectivity index (χ0v) is 20.9. The number of aliphatic hydroxyl groups is 1. The Morgan fingerprint density at radius 3 is 2.43 bits per heavy atom. The second-order valence-electron chi connectivity index (χ2n) is 12.7. The van der Waals surface area contributed by atoms with Crippen LogP contribution in [0, 0.1) is 52.3 Å². The number of hydrogen-bond donors (Lipinski definition) is 1. The smallest absolute Gasteiger partial charge is 0.0568 e. The average molecular weight is 413 g/mol. The molecule has 0 aromatic heterocycles. The Balaban J connectivity index is 1.55. The third-order valence-corrected chi connectivity index (χ3v) is 11.1. The fraction of sp³-hybridized carbons (Fsp3) is 0.862. The molecule has 1 N–H and O–H groups in total. The molecular weight excluding hydrogens is 364 g/mol. The third kappa shape index (κ3) is 3.46. The van der Waals surface area contributed by atoms with Gasteiger partial charge in [0.2, 0.25) is 0 Å². The molecule has 0 heterocycles. The largest absolute Gasteiger partial charge is 0.393 e. The van der Waals surface area contributed by atoms with Crippen LogP contribution in [0.5, 0.6) is 0 Å². The molecule has 0 spiro atoms. The summed E-state index contributed by atoms with van der Waals surface area (Å²) in [7, 11) is 0. The molecule has 9 unspecified atom stereocenters. The Morgan fingerprint density at radius 1 is 1.07 bits per heavy atom. The third-order valence-electron chi connectivity index (χ3n) is 11.1. The van der Waals surface area contributed by atoms with Gasteiger partial charge in [0.05, 0.1) is 6.10 Å². The van der Waals surface area contributed by atoms with Crippen molar-refractivity contribution in [3.05, 3.63) is 23.3 Å². The Kier molecular flexibility index (Phi) is 6.10. The van der Waals surface area contributed by atoms with Crippen molar-refractivity contribution in [2.24, 2.45) is 52.3 Å². The van der Waals surface area contributed by atoms with Crippen LogP contribution >= 0.6 is 0 Å². The Morgan fingerprint density at radius 2 is 1.73 bits per heavy atom. The van der Waals surface area contributed by atoms with Gasteiger partial charge in [-0.05, 0) is 111 Å². The summed E-state index contributed by atoms with van der Waals surface area (Å²) in [6, 6.07) is 0. The van der Waals surface area contributed by atoms with Gasteiger partial charge in [0.15, 0.2) is 0 Å². The molecule has 3 fully saturated rings. The van der Waals surface area contributed by atoms with Crippen molar-refractivity contribution in [2.75, 3.05) is 0 Å². The number of allylic oxidation sites excluding steroid dienone is 4. The highest BCUT2D eigenvalue weighted by molar-refractivity contribution is 5.28. The summed E-state index contributed by atoms with van der Waals surface area (Å²) in [5.41, 5.74) is 4.34. The number of rotatable bonds is 4. The van der Waals surface area contributed by atoms with Crippen LogP contribution in [0.3, 0.4) is 0 Å². The topological polar surface area (TPSA) is 20.2 Å². The first-order chi connectivity index (χ1) is 14.1. The number of aliphatic hydroxyl groups excluding tert-OH is 1. The number of hydrogen-bond acceptors (Lipinski definition) is 1. The summed E-state index contributed by atoms with van der Waals surface area (Å²) < 4.78 is 0. The predicted molar refractivity (Wildman–Crippen MR) is 128 cm³/mol. The van der Waals surface area contributed by atoms with Crippen molar-refractivity contribution in [2.45, 2.75) is 106 Å². The molecule has 3 saturated carbocycles. The highest BCUT2D eigenvalue weighted by Gasteiger charge is 2.59. The highest BCUT2D eigenvalue weighted by atomic mass is 16.3. The molecule has 1 nitrogen and oxygen atoms in total. The van der Waals surface area contributed by atoms with Crippen molar-refractivity contribution in [3.63, 3.8) is 0 Å². The van der Waals surface area contributed by atoms with E-state index in [2.05, 4.69) is 60.6 Å². The van der Waals surface area contributed by atoms with Gasteiger partial charge in [-0.3, -0.25) is 0 Å². The van der Waals surface area contributed by atoms with E-state index in [4.69, 9.17) is 0 Å². The Labute approximate surface area is 186 Å². The molecule has 0 aromatic carbocycles. The van der Waals surface area contributed by atoms with Crippen LogP contribution in [-0.4, -0.2) is 11.2 Å². The van der Waals surface area contributed by atoms with Crippen LogP contribution < -0.4 is 0 Å². The molecule has 9 atom stereocenters. The van der Waals surface area contributed by atoms with Crippen LogP contribution in [0.1, 0.15) is 99.8 Å². The lowest BCUT2D eigenvalue weighted by Crippen LogP contribution is -2.52. The molecular formula is C29H48O. The maximum atomic E-state index is 10.5. The number of fused-ring (bicyclic) bond motifs is 5. The molecule has 4 rings (SSSR count). The molecule has 4 aliphatic rings. The van der Waals surface area contributed by atoms with Crippen LogP contribution in [0.2, 0.25) is 0 Å². The van der Waals surface area contributed by atoms with E-state index in [9.17, 15) is 5.11 Å². The molecule has 4 aliphatic carbocycles. The lowest BCUT2D eigenvalue weighted by atomic mass is 9.46. The van der Waals surface area contributed by atoms with Gasteiger partial charge in [0.1, 0.15) is 0 Å². The first kappa shape index (κ1) is 22.6. The van der Waals surface area contributed by atoms with Crippen molar-refractivity contribution >= 4 is 0 Å². The van der Waals surface area contributed by atoms with Gasteiger partial charge in [-0.2, -0.15) is 0 Å². The summed E-state index contributed by atoms with van der Waals surface area (Å²) in [6.07, 6.45) is 15.5. The second kappa shape index (κ2) is 8.09. The van der Waals surface area contributed by atoms with E-state index in [1.54, 1.807) is 5.57 Å². The molecule has 1 heteroatoms. The molecule has 0 saturated heterocycles. The first-order valence-corrected chi connectivity index (χ1v) is 13.1. The second-order valence-corrected chi connectivity index (χ2v) is 12.7. The molecule has 0 aromatic rings. The Hall–Kier alpha value is -0.560. The van der Waals surface area contributed by atoms with Gasteiger partial charge in [0.25, 0.3) is 0 Å². The standard InChI is InChI=1S/C29H48O/c1-18(2)19(3)8-9-20(4)23-12-13-25-22-10-11-24-21(5)27(30)15-17-29(24,7)26(22)14-16-28(23,25)6/h8,10,18,20-21,23-27,30H,9,11-17H2,1-7H3. The quantitative estimate of drug-likeness (QED) is 0.467. The molecule has 0 aliphatic heterocycles. The molecule has 0 radical (unpaired) electrons. The zero-order valence-electron chi connectivity index (χ0n) is 20.9. The van der Waals surface area contributed by atoms with Gasteiger partial charge in [-0.1, -0.05) is 64.8 Å². The SMILES string of the molecule is CC(=CCC(C)C1CCC2C3=CCC4C(C)C(O)CCC4(C)C3CCC21C)C(C)C. The van der Waals surface area contributed by atoms with Crippen LogP contribution in [0.25, 0.3) is 0 Å². The van der Waals surface area contributed by atoms with E-state index < -0.39 is 0 Å². The summed E-state index contributed by atoms with van der Waals surface area (Å²) in [5.74, 6) is 5.08. The summed E-state index contributed by atoms with van der Waals surface area (Å²) >= 11 is 0. The van der Waals surface area contributed by atoms with Crippen LogP contribution in [-0.2, 0) is 0 Å². The van der Waals surface area contributed by atoms with Crippen molar-refractivity contribution < 1.29 is 5.11 Å². The van der Waals surface area contributed by atoms with Crippen molar-refractivity contribution in [3.8, 4) is 0 Å². The summed E-state index contributed by atoms with van der Waals surface area (Å²) in [5, 5.41) is 10.5. The van der Waals surface area contributed by atoms with E-state index in [0.29, 0.717) is 28.6 Å². The van der Waals surface area contributed by atoms with Gasteiger partial charge < -0.3 is 5.11 Å². The summed E-state index contributed by atoms with van der Waals surface area (Å²) in [4.78, 5) is 0. The minimum Gasteiger partial charge on any atom is -0.393 e. The van der Waals surface area contributed by atoms with Gasteiger partial charge in [-0.25, -0.2) is 0 Å². The maximum absolute atomic E-state index is 10.5. The predicted octanol–water partition coefficient (Wildman–Crippen LogP) is 7.80. The molecule has 0 amide bonds. The minimum atomic E-state index is -0.0778. The van der Waals surface area contributed by atoms with E-state index in [1.165, 1.54) is 44.9 Å². The van der Waals surface area contributed by atoms with Gasteiger partial charge >= 0.3 is 0 Å². The average Bonchev–Trinajstić information content (AvgIpc) is 3.06. The lowest BCUT2D eigenvalue weighted by molar-refractivity contribution is -0.0772. The van der Waals surface area contributed by atoms with E-state index in [1.807, 2.05) is 5.57 Å². The molecule has 170 valence electrons. The Bertz CT molecular complexity index is 701. The summed E-state index contributed by atoms with van der Waals surface area (Å²) in [6.45, 7) is 17.1. The monoisotopic (exact) mass is 412 g/mol. The van der Waals surface area contributed by atoms with E-state index in [-0.39, 0.29) is 6.10 Å². The van der Waals surface area contributed by atoms with Gasteiger partial charge in [0, 0.05) is 0 Å². The zero-order chi connectivity index (χ0) is 21.8. The normalized spacial score (nSPS) is 47.4. The van der Waals surface area contributed by atoms with E-state index >= 15 is 0 Å². The van der Waals surface area contributed by atoms with Crippen LogP contribution in [0.4, 0.5) is 0 Å². The van der Waals surface area contributed by atoms with E-state index in [0.717, 1.165) is 30.1 Å². The molecule has 30 heavy (non-hydrogen) atoms. The fourth-order valence-electron chi connectivity index (χ4n) is 8.69. The minimum absolute atomic E-state index is 0.0778. The molecule has 0 bridgehead atoms. The fourth-order valence-corrected chi connectivity index (χ4v) is 8.69. The van der Waals surface area contributed by atoms with Crippen molar-refractivity contribution in [1.29, 1.82) is 0 Å².